The van der Waals surface area contributed by atoms with E-state index in [9.17, 15) is 0 Å². The first-order valence-corrected chi connectivity index (χ1v) is 8.15. The Kier molecular flexibility index (Phi) is 6.69. The predicted octanol–water partition coefficient (Wildman–Crippen LogP) is 3.28. The zero-order valence-electron chi connectivity index (χ0n) is 11.1. The van der Waals surface area contributed by atoms with Gasteiger partial charge in [-0.05, 0) is 18.2 Å². The molecule has 0 radical (unpaired) electrons. The van der Waals surface area contributed by atoms with E-state index in [1.165, 1.54) is 15.3 Å². The molecule has 0 amide bonds. The van der Waals surface area contributed by atoms with Crippen molar-refractivity contribution < 1.29 is 9.84 Å². The Morgan fingerprint density at radius 1 is 1.15 bits per heavy atom. The van der Waals surface area contributed by atoms with E-state index < -0.39 is 0 Å². The number of thiophene rings is 1. The van der Waals surface area contributed by atoms with Crippen LogP contribution in [0.2, 0.25) is 0 Å². The second-order valence-corrected chi connectivity index (χ2v) is 6.28. The third kappa shape index (κ3) is 4.68. The smallest absolute Gasteiger partial charge is 0.0698 e. The van der Waals surface area contributed by atoms with Crippen molar-refractivity contribution in [3.63, 3.8) is 0 Å². The second-order valence-electron chi connectivity index (χ2n) is 4.26. The average Bonchev–Trinajstić information content (AvgIpc) is 2.92. The van der Waals surface area contributed by atoms with Crippen LogP contribution in [0.1, 0.15) is 4.88 Å². The Balaban J connectivity index is 1.82. The van der Waals surface area contributed by atoms with Crippen molar-refractivity contribution in [3.8, 4) is 10.4 Å². The standard InChI is InChI=1S/C15H18BrNO2S/c16-14-4-2-1-3-13(14)15-6-5-12(20-15)11-17-7-9-19-10-8-18/h1-6,17-18H,7-11H2. The van der Waals surface area contributed by atoms with Gasteiger partial charge in [-0.3, -0.25) is 0 Å². The molecule has 0 aliphatic rings. The van der Waals surface area contributed by atoms with Gasteiger partial charge in [-0.1, -0.05) is 34.1 Å². The van der Waals surface area contributed by atoms with Gasteiger partial charge in [-0.25, -0.2) is 0 Å². The molecule has 1 heterocycles. The van der Waals surface area contributed by atoms with Crippen LogP contribution >= 0.6 is 27.3 Å². The summed E-state index contributed by atoms with van der Waals surface area (Å²) in [5.74, 6) is 0. The SMILES string of the molecule is OCCOCCNCc1ccc(-c2ccccc2Br)s1. The van der Waals surface area contributed by atoms with Gasteiger partial charge in [0.25, 0.3) is 0 Å². The van der Waals surface area contributed by atoms with E-state index in [1.807, 2.05) is 6.07 Å². The van der Waals surface area contributed by atoms with Crippen LogP contribution in [0.3, 0.4) is 0 Å². The molecule has 0 bridgehead atoms. The molecule has 1 aromatic carbocycles. The Bertz CT molecular complexity index is 530. The summed E-state index contributed by atoms with van der Waals surface area (Å²) in [6.45, 7) is 2.76. The van der Waals surface area contributed by atoms with Crippen molar-refractivity contribution >= 4 is 27.3 Å². The van der Waals surface area contributed by atoms with E-state index >= 15 is 0 Å². The van der Waals surface area contributed by atoms with Crippen molar-refractivity contribution in [2.75, 3.05) is 26.4 Å². The lowest BCUT2D eigenvalue weighted by molar-refractivity contribution is 0.0938. The zero-order chi connectivity index (χ0) is 14.2. The Morgan fingerprint density at radius 2 is 2.00 bits per heavy atom. The number of hydrogen-bond acceptors (Lipinski definition) is 4. The molecular formula is C15H18BrNO2S. The minimum absolute atomic E-state index is 0.0836. The van der Waals surface area contributed by atoms with E-state index in [1.54, 1.807) is 11.3 Å². The van der Waals surface area contributed by atoms with Crippen LogP contribution in [-0.4, -0.2) is 31.5 Å². The summed E-state index contributed by atoms with van der Waals surface area (Å²) in [6, 6.07) is 12.6. The number of rotatable bonds is 8. The summed E-state index contributed by atoms with van der Waals surface area (Å²) in [4.78, 5) is 2.57. The maximum Gasteiger partial charge on any atom is 0.0698 e. The Hall–Kier alpha value is -0.720. The molecule has 2 N–H and O–H groups in total. The first-order valence-electron chi connectivity index (χ1n) is 6.54. The molecule has 0 fully saturated rings. The molecule has 108 valence electrons. The van der Waals surface area contributed by atoms with Gasteiger partial charge in [-0.15, -0.1) is 11.3 Å². The first kappa shape index (κ1) is 15.7. The maximum atomic E-state index is 8.59. The molecular weight excluding hydrogens is 338 g/mol. The number of benzene rings is 1. The molecule has 0 aliphatic heterocycles. The zero-order valence-corrected chi connectivity index (χ0v) is 13.5. The summed E-state index contributed by atoms with van der Waals surface area (Å²) in [6.07, 6.45) is 0. The highest BCUT2D eigenvalue weighted by Gasteiger charge is 2.05. The van der Waals surface area contributed by atoms with Crippen LogP contribution in [0.25, 0.3) is 10.4 Å². The van der Waals surface area contributed by atoms with Crippen LogP contribution in [0.4, 0.5) is 0 Å². The van der Waals surface area contributed by atoms with Crippen LogP contribution in [-0.2, 0) is 11.3 Å². The molecule has 1 aromatic heterocycles. The summed E-state index contributed by atoms with van der Waals surface area (Å²) in [5, 5.41) is 11.9. The van der Waals surface area contributed by atoms with E-state index in [4.69, 9.17) is 9.84 Å². The lowest BCUT2D eigenvalue weighted by Crippen LogP contribution is -2.19. The number of aliphatic hydroxyl groups excluding tert-OH is 1. The van der Waals surface area contributed by atoms with Gasteiger partial charge in [0, 0.05) is 32.9 Å². The van der Waals surface area contributed by atoms with Crippen LogP contribution in [0, 0.1) is 0 Å². The van der Waals surface area contributed by atoms with Gasteiger partial charge in [0.15, 0.2) is 0 Å². The summed E-state index contributed by atoms with van der Waals surface area (Å²) >= 11 is 5.38. The minimum atomic E-state index is 0.0836. The summed E-state index contributed by atoms with van der Waals surface area (Å²) in [7, 11) is 0. The largest absolute Gasteiger partial charge is 0.394 e. The first-order chi connectivity index (χ1) is 9.81. The number of aliphatic hydroxyl groups is 1. The molecule has 5 heteroatoms. The van der Waals surface area contributed by atoms with Gasteiger partial charge in [0.05, 0.1) is 19.8 Å². The van der Waals surface area contributed by atoms with Crippen molar-refractivity contribution in [2.24, 2.45) is 0 Å². The highest BCUT2D eigenvalue weighted by Crippen LogP contribution is 2.33. The number of ether oxygens (including phenoxy) is 1. The third-order valence-electron chi connectivity index (χ3n) is 2.76. The molecule has 0 spiro atoms. The van der Waals surface area contributed by atoms with Gasteiger partial charge in [0.2, 0.25) is 0 Å². The normalized spacial score (nSPS) is 10.9. The maximum absolute atomic E-state index is 8.59. The second kappa shape index (κ2) is 8.54. The molecule has 20 heavy (non-hydrogen) atoms. The number of hydrogen-bond donors (Lipinski definition) is 2. The third-order valence-corrected chi connectivity index (χ3v) is 4.57. The lowest BCUT2D eigenvalue weighted by Gasteiger charge is -2.03. The van der Waals surface area contributed by atoms with Crippen LogP contribution in [0.15, 0.2) is 40.9 Å². The fraction of sp³-hybridized carbons (Fsp3) is 0.333. The van der Waals surface area contributed by atoms with Crippen LogP contribution < -0.4 is 5.32 Å². The highest BCUT2D eigenvalue weighted by atomic mass is 79.9. The Labute approximate surface area is 131 Å². The van der Waals surface area contributed by atoms with Crippen molar-refractivity contribution in [2.45, 2.75) is 6.54 Å². The van der Waals surface area contributed by atoms with Gasteiger partial charge >= 0.3 is 0 Å². The molecule has 2 rings (SSSR count). The van der Waals surface area contributed by atoms with E-state index in [0.717, 1.165) is 17.6 Å². The lowest BCUT2D eigenvalue weighted by atomic mass is 10.2. The number of nitrogens with one attached hydrogen (secondary N) is 1. The monoisotopic (exact) mass is 355 g/mol. The van der Waals surface area contributed by atoms with Crippen molar-refractivity contribution in [1.29, 1.82) is 0 Å². The van der Waals surface area contributed by atoms with Gasteiger partial charge < -0.3 is 15.2 Å². The molecule has 0 saturated heterocycles. The van der Waals surface area contributed by atoms with Crippen molar-refractivity contribution in [3.05, 3.63) is 45.7 Å². The van der Waals surface area contributed by atoms with Crippen molar-refractivity contribution in [1.82, 2.24) is 5.32 Å². The van der Waals surface area contributed by atoms with E-state index in [2.05, 4.69) is 51.6 Å². The van der Waals surface area contributed by atoms with Gasteiger partial charge in [-0.2, -0.15) is 0 Å². The molecule has 2 aromatic rings. The summed E-state index contributed by atoms with van der Waals surface area (Å²) < 4.78 is 6.32. The van der Waals surface area contributed by atoms with Gasteiger partial charge in [0.1, 0.15) is 0 Å². The minimum Gasteiger partial charge on any atom is -0.394 e. The molecule has 0 saturated carbocycles. The number of halogens is 1. The quantitative estimate of drug-likeness (QED) is 0.714. The fourth-order valence-electron chi connectivity index (χ4n) is 1.80. The highest BCUT2D eigenvalue weighted by molar-refractivity contribution is 9.10. The van der Waals surface area contributed by atoms with Crippen LogP contribution in [0.5, 0.6) is 0 Å². The molecule has 0 aliphatic carbocycles. The molecule has 3 nitrogen and oxygen atoms in total. The molecule has 0 unspecified atom stereocenters. The average molecular weight is 356 g/mol. The van der Waals surface area contributed by atoms with E-state index in [-0.39, 0.29) is 6.61 Å². The summed E-state index contributed by atoms with van der Waals surface area (Å²) in [5.41, 5.74) is 1.23. The van der Waals surface area contributed by atoms with E-state index in [0.29, 0.717) is 13.2 Å². The predicted molar refractivity (Wildman–Crippen MR) is 87.1 cm³/mol. The topological polar surface area (TPSA) is 41.5 Å². The fourth-order valence-corrected chi connectivity index (χ4v) is 3.45. The molecule has 0 atom stereocenters. The Morgan fingerprint density at radius 3 is 2.80 bits per heavy atom.